The second-order valence-electron chi connectivity index (χ2n) is 7.71. The van der Waals surface area contributed by atoms with Gasteiger partial charge < -0.3 is 19.9 Å². The van der Waals surface area contributed by atoms with Gasteiger partial charge in [0.15, 0.2) is 5.76 Å². The molecule has 0 radical (unpaired) electrons. The quantitative estimate of drug-likeness (QED) is 0.820. The van der Waals surface area contributed by atoms with Crippen LogP contribution in [-0.2, 0) is 11.3 Å². The molecule has 6 nitrogen and oxygen atoms in total. The van der Waals surface area contributed by atoms with Crippen LogP contribution in [0.4, 0.5) is 10.5 Å². The van der Waals surface area contributed by atoms with Gasteiger partial charge in [0, 0.05) is 12.0 Å². The third kappa shape index (κ3) is 3.94. The van der Waals surface area contributed by atoms with Gasteiger partial charge in [-0.1, -0.05) is 61.7 Å². The molecule has 1 aliphatic heterocycles. The Labute approximate surface area is 159 Å². The molecule has 2 aliphatic rings. The molecular formula is C21H27N3O3. The minimum Gasteiger partial charge on any atom is -0.445 e. The van der Waals surface area contributed by atoms with Crippen LogP contribution in [0.2, 0.25) is 0 Å². The first-order valence-corrected chi connectivity index (χ1v) is 9.90. The van der Waals surface area contributed by atoms with Gasteiger partial charge in [0.05, 0.1) is 12.2 Å². The molecule has 0 bridgehead atoms. The minimum atomic E-state index is -0.428. The molecule has 27 heavy (non-hydrogen) atoms. The molecule has 1 amide bonds. The van der Waals surface area contributed by atoms with Crippen LogP contribution in [-0.4, -0.2) is 17.3 Å². The van der Waals surface area contributed by atoms with E-state index in [4.69, 9.17) is 9.26 Å². The van der Waals surface area contributed by atoms with Crippen molar-refractivity contribution < 1.29 is 14.1 Å². The number of nitrogens with one attached hydrogen (secondary N) is 2. The number of benzene rings is 1. The zero-order chi connectivity index (χ0) is 18.6. The largest absolute Gasteiger partial charge is 0.445 e. The van der Waals surface area contributed by atoms with Crippen molar-refractivity contribution in [3.8, 4) is 0 Å². The summed E-state index contributed by atoms with van der Waals surface area (Å²) in [6.45, 7) is 2.42. The Kier molecular flexibility index (Phi) is 5.32. The topological polar surface area (TPSA) is 76.4 Å². The van der Waals surface area contributed by atoms with Crippen molar-refractivity contribution in [1.82, 2.24) is 10.5 Å². The molecule has 0 spiro atoms. The van der Waals surface area contributed by atoms with Crippen molar-refractivity contribution in [3.63, 3.8) is 0 Å². The highest BCUT2D eigenvalue weighted by Crippen LogP contribution is 2.42. The zero-order valence-corrected chi connectivity index (χ0v) is 15.7. The van der Waals surface area contributed by atoms with Gasteiger partial charge in [-0.05, 0) is 24.3 Å². The molecule has 1 fully saturated rings. The summed E-state index contributed by atoms with van der Waals surface area (Å²) in [5.74, 6) is 1.49. The van der Waals surface area contributed by atoms with E-state index in [2.05, 4.69) is 22.7 Å². The Balaban J connectivity index is 1.44. The number of alkyl carbamates (subject to hydrolysis) is 1. The van der Waals surface area contributed by atoms with E-state index in [0.29, 0.717) is 17.7 Å². The number of amides is 1. The zero-order valence-electron chi connectivity index (χ0n) is 15.7. The van der Waals surface area contributed by atoms with E-state index in [0.717, 1.165) is 11.3 Å². The number of rotatable bonds is 4. The van der Waals surface area contributed by atoms with Gasteiger partial charge in [-0.3, -0.25) is 0 Å². The SMILES string of the molecule is CC1C(NC(=O)OCc2ccccc2)c2oncc2NC1C1CCCCC1. The fourth-order valence-corrected chi connectivity index (χ4v) is 4.47. The van der Waals surface area contributed by atoms with Gasteiger partial charge in [0.25, 0.3) is 0 Å². The van der Waals surface area contributed by atoms with Crippen molar-refractivity contribution in [2.75, 3.05) is 5.32 Å². The molecule has 3 unspecified atom stereocenters. The summed E-state index contributed by atoms with van der Waals surface area (Å²) in [5, 5.41) is 10.6. The van der Waals surface area contributed by atoms with Gasteiger partial charge in [0.2, 0.25) is 0 Å². The van der Waals surface area contributed by atoms with Crippen LogP contribution >= 0.6 is 0 Å². The molecule has 1 aromatic heterocycles. The van der Waals surface area contributed by atoms with Crippen molar-refractivity contribution in [2.24, 2.45) is 11.8 Å². The number of anilines is 1. The lowest BCUT2D eigenvalue weighted by Gasteiger charge is -2.41. The number of carbonyl (C=O) groups excluding carboxylic acids is 1. The molecule has 144 valence electrons. The average Bonchev–Trinajstić information content (AvgIpc) is 3.18. The first kappa shape index (κ1) is 17.9. The van der Waals surface area contributed by atoms with Crippen molar-refractivity contribution in [1.29, 1.82) is 0 Å². The van der Waals surface area contributed by atoms with E-state index in [1.807, 2.05) is 30.3 Å². The molecule has 0 saturated heterocycles. The standard InChI is InChI=1S/C21H27N3O3/c1-14-18(16-10-6-3-7-11-16)23-17-12-22-27-20(17)19(14)24-21(25)26-13-15-8-4-2-5-9-15/h2,4-5,8-9,12,14,16,18-19,23H,3,6-7,10-11,13H2,1H3,(H,24,25). The van der Waals surface area contributed by atoms with E-state index in [1.165, 1.54) is 32.1 Å². The number of ether oxygens (including phenoxy) is 1. The van der Waals surface area contributed by atoms with E-state index in [9.17, 15) is 4.79 Å². The Morgan fingerprint density at radius 2 is 2.04 bits per heavy atom. The van der Waals surface area contributed by atoms with Crippen molar-refractivity contribution >= 4 is 11.8 Å². The highest BCUT2D eigenvalue weighted by Gasteiger charge is 2.41. The van der Waals surface area contributed by atoms with E-state index >= 15 is 0 Å². The molecular weight excluding hydrogens is 342 g/mol. The third-order valence-corrected chi connectivity index (χ3v) is 5.94. The lowest BCUT2D eigenvalue weighted by molar-refractivity contribution is 0.123. The number of hydrogen-bond acceptors (Lipinski definition) is 5. The monoisotopic (exact) mass is 369 g/mol. The molecule has 4 rings (SSSR count). The van der Waals surface area contributed by atoms with Crippen LogP contribution in [0.5, 0.6) is 0 Å². The molecule has 2 heterocycles. The second kappa shape index (κ2) is 8.03. The first-order chi connectivity index (χ1) is 13.2. The third-order valence-electron chi connectivity index (χ3n) is 5.94. The van der Waals surface area contributed by atoms with Gasteiger partial charge in [-0.25, -0.2) is 4.79 Å². The minimum absolute atomic E-state index is 0.192. The van der Waals surface area contributed by atoms with Crippen LogP contribution in [0.1, 0.15) is 56.4 Å². The molecule has 1 aliphatic carbocycles. The molecule has 6 heteroatoms. The Hall–Kier alpha value is -2.50. The molecule has 2 aromatic rings. The van der Waals surface area contributed by atoms with Crippen LogP contribution in [0.15, 0.2) is 41.1 Å². The van der Waals surface area contributed by atoms with Crippen LogP contribution in [0, 0.1) is 11.8 Å². The summed E-state index contributed by atoms with van der Waals surface area (Å²) in [7, 11) is 0. The lowest BCUT2D eigenvalue weighted by Crippen LogP contribution is -2.47. The Bertz CT molecular complexity index is 755. The highest BCUT2D eigenvalue weighted by molar-refractivity contribution is 5.68. The number of aromatic nitrogens is 1. The molecule has 1 aromatic carbocycles. The van der Waals surface area contributed by atoms with E-state index in [-0.39, 0.29) is 18.6 Å². The summed E-state index contributed by atoms with van der Waals surface area (Å²) in [4.78, 5) is 12.4. The highest BCUT2D eigenvalue weighted by atomic mass is 16.5. The summed E-state index contributed by atoms with van der Waals surface area (Å²) in [5.41, 5.74) is 1.85. The molecule has 2 N–H and O–H groups in total. The van der Waals surface area contributed by atoms with Gasteiger partial charge in [0.1, 0.15) is 12.3 Å². The van der Waals surface area contributed by atoms with Crippen molar-refractivity contribution in [3.05, 3.63) is 47.9 Å². The number of fused-ring (bicyclic) bond motifs is 1. The maximum atomic E-state index is 12.4. The molecule has 1 saturated carbocycles. The predicted octanol–water partition coefficient (Wildman–Crippen LogP) is 4.65. The number of carbonyl (C=O) groups is 1. The normalized spacial score (nSPS) is 25.3. The van der Waals surface area contributed by atoms with Gasteiger partial charge >= 0.3 is 6.09 Å². The maximum absolute atomic E-state index is 12.4. The fraction of sp³-hybridized carbons (Fsp3) is 0.524. The van der Waals surface area contributed by atoms with Crippen LogP contribution in [0.25, 0.3) is 0 Å². The Morgan fingerprint density at radius 1 is 1.26 bits per heavy atom. The molecule has 3 atom stereocenters. The van der Waals surface area contributed by atoms with Gasteiger partial charge in [-0.2, -0.15) is 0 Å². The summed E-state index contributed by atoms with van der Waals surface area (Å²) in [6.07, 6.45) is 7.63. The predicted molar refractivity (Wildman–Crippen MR) is 102 cm³/mol. The van der Waals surface area contributed by atoms with Gasteiger partial charge in [-0.15, -0.1) is 0 Å². The van der Waals surface area contributed by atoms with E-state index < -0.39 is 6.09 Å². The summed E-state index contributed by atoms with van der Waals surface area (Å²) >= 11 is 0. The van der Waals surface area contributed by atoms with Crippen LogP contribution in [0.3, 0.4) is 0 Å². The average molecular weight is 369 g/mol. The van der Waals surface area contributed by atoms with E-state index in [1.54, 1.807) is 6.20 Å². The summed E-state index contributed by atoms with van der Waals surface area (Å²) in [6, 6.07) is 9.75. The number of hydrogen-bond donors (Lipinski definition) is 2. The smallest absolute Gasteiger partial charge is 0.408 e. The first-order valence-electron chi connectivity index (χ1n) is 9.90. The second-order valence-corrected chi connectivity index (χ2v) is 7.71. The number of nitrogens with zero attached hydrogens (tertiary/aromatic N) is 1. The van der Waals surface area contributed by atoms with Crippen molar-refractivity contribution in [2.45, 2.75) is 57.7 Å². The maximum Gasteiger partial charge on any atom is 0.408 e. The fourth-order valence-electron chi connectivity index (χ4n) is 4.47. The van der Waals surface area contributed by atoms with Crippen LogP contribution < -0.4 is 10.6 Å². The Morgan fingerprint density at radius 3 is 2.81 bits per heavy atom. The lowest BCUT2D eigenvalue weighted by atomic mass is 9.75. The summed E-state index contributed by atoms with van der Waals surface area (Å²) < 4.78 is 10.9.